The van der Waals surface area contributed by atoms with Crippen molar-refractivity contribution in [1.82, 2.24) is 5.32 Å². The second-order valence-corrected chi connectivity index (χ2v) is 5.05. The first kappa shape index (κ1) is 16.3. The van der Waals surface area contributed by atoms with Crippen LogP contribution < -0.4 is 10.6 Å². The molecule has 3 N–H and O–H groups in total. The van der Waals surface area contributed by atoms with Crippen molar-refractivity contribution in [3.8, 4) is 5.75 Å². The number of rotatable bonds is 5. The van der Waals surface area contributed by atoms with Gasteiger partial charge in [-0.25, -0.2) is 0 Å². The quantitative estimate of drug-likeness (QED) is 0.587. The molecule has 0 saturated carbocycles. The Bertz CT molecular complexity index is 754. The number of nitrogens with one attached hydrogen (secondary N) is 2. The normalized spacial score (nSPS) is 9.96. The van der Waals surface area contributed by atoms with E-state index in [-0.39, 0.29) is 24.1 Å². The Labute approximate surface area is 134 Å². The van der Waals surface area contributed by atoms with Gasteiger partial charge in [0, 0.05) is 12.1 Å². The van der Waals surface area contributed by atoms with Crippen LogP contribution in [0.25, 0.3) is 0 Å². The van der Waals surface area contributed by atoms with Gasteiger partial charge in [0.2, 0.25) is 5.91 Å². The van der Waals surface area contributed by atoms with Gasteiger partial charge in [0.05, 0.1) is 5.69 Å². The highest BCUT2D eigenvalue weighted by atomic mass is 16.3. The molecule has 0 aliphatic rings. The highest BCUT2D eigenvalue weighted by molar-refractivity contribution is 6.06. The highest BCUT2D eigenvalue weighted by Gasteiger charge is 2.13. The highest BCUT2D eigenvalue weighted by Crippen LogP contribution is 2.24. The van der Waals surface area contributed by atoms with Gasteiger partial charge in [-0.15, -0.1) is 0 Å². The Morgan fingerprint density at radius 3 is 2.70 bits per heavy atom. The molecule has 5 heteroatoms. The van der Waals surface area contributed by atoms with Crippen LogP contribution in [0.5, 0.6) is 5.75 Å². The van der Waals surface area contributed by atoms with Crippen LogP contribution in [0.3, 0.4) is 0 Å². The number of phenols is 1. The number of anilines is 1. The van der Waals surface area contributed by atoms with E-state index in [2.05, 4.69) is 17.2 Å². The molecule has 0 spiro atoms. The van der Waals surface area contributed by atoms with Crippen molar-refractivity contribution < 1.29 is 14.7 Å². The van der Waals surface area contributed by atoms with Gasteiger partial charge >= 0.3 is 0 Å². The molecule has 0 atom stereocenters. The summed E-state index contributed by atoms with van der Waals surface area (Å²) in [6.45, 7) is 5.47. The second kappa shape index (κ2) is 7.26. The van der Waals surface area contributed by atoms with Crippen molar-refractivity contribution >= 4 is 17.5 Å². The van der Waals surface area contributed by atoms with Crippen LogP contribution in [0, 0.1) is 6.92 Å². The van der Waals surface area contributed by atoms with Gasteiger partial charge in [0.1, 0.15) is 5.75 Å². The average Bonchev–Trinajstić information content (AvgIpc) is 2.56. The van der Waals surface area contributed by atoms with E-state index in [0.29, 0.717) is 16.8 Å². The van der Waals surface area contributed by atoms with Gasteiger partial charge in [0.15, 0.2) is 0 Å². The van der Waals surface area contributed by atoms with E-state index in [1.54, 1.807) is 36.4 Å². The summed E-state index contributed by atoms with van der Waals surface area (Å²) in [7, 11) is 0. The topological polar surface area (TPSA) is 78.4 Å². The van der Waals surface area contributed by atoms with Crippen LogP contribution in [0.4, 0.5) is 5.69 Å². The Morgan fingerprint density at radius 2 is 1.96 bits per heavy atom. The van der Waals surface area contributed by atoms with Crippen molar-refractivity contribution in [3.63, 3.8) is 0 Å². The fourth-order valence-electron chi connectivity index (χ4n) is 2.09. The molecule has 0 saturated heterocycles. The smallest absolute Gasteiger partial charge is 0.256 e. The summed E-state index contributed by atoms with van der Waals surface area (Å²) >= 11 is 0. The third-order valence-corrected chi connectivity index (χ3v) is 3.30. The van der Waals surface area contributed by atoms with Crippen molar-refractivity contribution in [2.24, 2.45) is 0 Å². The van der Waals surface area contributed by atoms with Crippen LogP contribution in [-0.2, 0) is 11.3 Å². The minimum Gasteiger partial charge on any atom is -0.506 e. The number of amides is 2. The number of aryl methyl sites for hydroxylation is 1. The Morgan fingerprint density at radius 1 is 1.22 bits per heavy atom. The summed E-state index contributed by atoms with van der Waals surface area (Å²) in [5.41, 5.74) is 2.37. The van der Waals surface area contributed by atoms with E-state index in [1.165, 1.54) is 12.1 Å². The molecule has 0 fully saturated rings. The molecule has 2 rings (SSSR count). The molecule has 23 heavy (non-hydrogen) atoms. The fraction of sp³-hybridized carbons (Fsp3) is 0.111. The summed E-state index contributed by atoms with van der Waals surface area (Å²) in [4.78, 5) is 23.7. The molecule has 0 radical (unpaired) electrons. The van der Waals surface area contributed by atoms with Crippen molar-refractivity contribution in [3.05, 3.63) is 71.8 Å². The summed E-state index contributed by atoms with van der Waals surface area (Å²) in [6.07, 6.45) is 1.17. The third-order valence-electron chi connectivity index (χ3n) is 3.30. The average molecular weight is 310 g/mol. The van der Waals surface area contributed by atoms with Crippen LogP contribution in [0.15, 0.2) is 55.1 Å². The van der Waals surface area contributed by atoms with Crippen molar-refractivity contribution in [2.75, 3.05) is 5.32 Å². The van der Waals surface area contributed by atoms with Gasteiger partial charge in [0.25, 0.3) is 5.91 Å². The molecule has 2 aromatic carbocycles. The van der Waals surface area contributed by atoms with Crippen LogP contribution in [0.2, 0.25) is 0 Å². The summed E-state index contributed by atoms with van der Waals surface area (Å²) in [5.74, 6) is -0.660. The first-order valence-corrected chi connectivity index (χ1v) is 7.10. The fourth-order valence-corrected chi connectivity index (χ4v) is 2.09. The minimum absolute atomic E-state index is 0.00129. The number of benzene rings is 2. The lowest BCUT2D eigenvalue weighted by Crippen LogP contribution is -2.22. The van der Waals surface area contributed by atoms with E-state index in [0.717, 1.165) is 5.56 Å². The lowest BCUT2D eigenvalue weighted by molar-refractivity contribution is -0.116. The van der Waals surface area contributed by atoms with Crippen molar-refractivity contribution in [2.45, 2.75) is 13.5 Å². The Hall–Kier alpha value is -3.08. The molecule has 5 nitrogen and oxygen atoms in total. The van der Waals surface area contributed by atoms with E-state index >= 15 is 0 Å². The molecule has 0 aliphatic carbocycles. The lowest BCUT2D eigenvalue weighted by Gasteiger charge is -2.12. The maximum absolute atomic E-state index is 12.5. The second-order valence-electron chi connectivity index (χ2n) is 5.05. The molecule has 0 heterocycles. The number of phenolic OH excluding ortho intramolecular Hbond substituents is 1. The zero-order chi connectivity index (χ0) is 16.8. The molecular formula is C18H18N2O3. The molecular weight excluding hydrogens is 292 g/mol. The van der Waals surface area contributed by atoms with Crippen LogP contribution in [0.1, 0.15) is 21.5 Å². The maximum atomic E-state index is 12.5. The van der Waals surface area contributed by atoms with Crippen LogP contribution in [-0.4, -0.2) is 16.9 Å². The summed E-state index contributed by atoms with van der Waals surface area (Å²) in [6, 6.07) is 11.9. The zero-order valence-electron chi connectivity index (χ0n) is 12.8. The first-order valence-electron chi connectivity index (χ1n) is 7.10. The number of carbonyl (C=O) groups excluding carboxylic acids is 2. The number of aromatic hydroxyl groups is 1. The monoisotopic (exact) mass is 310 g/mol. The molecule has 0 bridgehead atoms. The predicted octanol–water partition coefficient (Wildman–Crippen LogP) is 2.76. The standard InChI is InChI=1S/C18H18N2O3/c1-3-17(22)19-11-13-6-4-5-7-14(13)18(23)20-15-10-12(2)8-9-16(15)21/h3-10,21H,1,11H2,2H3,(H,19,22)(H,20,23). The third kappa shape index (κ3) is 4.20. The SMILES string of the molecule is C=CC(=O)NCc1ccccc1C(=O)Nc1cc(C)ccc1O. The number of hydrogen-bond acceptors (Lipinski definition) is 3. The molecule has 118 valence electrons. The van der Waals surface area contributed by atoms with Gasteiger partial charge in [-0.05, 0) is 42.3 Å². The van der Waals surface area contributed by atoms with Gasteiger partial charge in [-0.1, -0.05) is 30.8 Å². The summed E-state index contributed by atoms with van der Waals surface area (Å²) in [5, 5.41) is 15.2. The number of hydrogen-bond donors (Lipinski definition) is 3. The van der Waals surface area contributed by atoms with E-state index in [9.17, 15) is 14.7 Å². The lowest BCUT2D eigenvalue weighted by atomic mass is 10.1. The zero-order valence-corrected chi connectivity index (χ0v) is 12.8. The largest absolute Gasteiger partial charge is 0.506 e. The molecule has 0 aliphatic heterocycles. The predicted molar refractivity (Wildman–Crippen MR) is 89.3 cm³/mol. The van der Waals surface area contributed by atoms with Gasteiger partial charge in [-0.2, -0.15) is 0 Å². The number of carbonyl (C=O) groups is 2. The molecule has 2 aromatic rings. The van der Waals surface area contributed by atoms with Crippen molar-refractivity contribution in [1.29, 1.82) is 0 Å². The molecule has 0 aromatic heterocycles. The first-order chi connectivity index (χ1) is 11.0. The van der Waals surface area contributed by atoms with Gasteiger partial charge in [-0.3, -0.25) is 9.59 Å². The summed E-state index contributed by atoms with van der Waals surface area (Å²) < 4.78 is 0. The maximum Gasteiger partial charge on any atom is 0.256 e. The molecule has 2 amide bonds. The van der Waals surface area contributed by atoms with E-state index < -0.39 is 0 Å². The Kier molecular flexibility index (Phi) is 5.15. The molecule has 0 unspecified atom stereocenters. The Balaban J connectivity index is 2.20. The van der Waals surface area contributed by atoms with Crippen LogP contribution >= 0.6 is 0 Å². The van der Waals surface area contributed by atoms with E-state index in [4.69, 9.17) is 0 Å². The van der Waals surface area contributed by atoms with Gasteiger partial charge < -0.3 is 15.7 Å². The minimum atomic E-state index is -0.352. The van der Waals surface area contributed by atoms with E-state index in [1.807, 2.05) is 6.92 Å².